The van der Waals surface area contributed by atoms with E-state index < -0.39 is 11.8 Å². The van der Waals surface area contributed by atoms with Crippen LogP contribution in [-0.2, 0) is 9.59 Å². The summed E-state index contributed by atoms with van der Waals surface area (Å²) in [4.78, 5) is 28.1. The number of imide groups is 1. The number of nitrogens with zero attached hydrogens (tertiary/aromatic N) is 1. The summed E-state index contributed by atoms with van der Waals surface area (Å²) in [6.07, 6.45) is 0. The molecule has 6 heteroatoms. The maximum absolute atomic E-state index is 13.5. The second-order valence-corrected chi connectivity index (χ2v) is 7.78. The van der Waals surface area contributed by atoms with Crippen LogP contribution in [0.25, 0.3) is 5.57 Å². The van der Waals surface area contributed by atoms with Crippen LogP contribution < -0.4 is 15.0 Å². The highest BCUT2D eigenvalue weighted by atomic mass is 35.5. The van der Waals surface area contributed by atoms with E-state index in [0.717, 1.165) is 21.7 Å². The van der Waals surface area contributed by atoms with Crippen molar-refractivity contribution in [2.24, 2.45) is 0 Å². The maximum atomic E-state index is 13.5. The molecule has 1 aliphatic rings. The molecule has 5 nitrogen and oxygen atoms in total. The number of amides is 2. The Labute approximate surface area is 185 Å². The molecule has 1 aliphatic heterocycles. The Morgan fingerprint density at radius 1 is 0.903 bits per heavy atom. The van der Waals surface area contributed by atoms with Crippen molar-refractivity contribution in [2.45, 2.75) is 13.8 Å². The predicted octanol–water partition coefficient (Wildman–Crippen LogP) is 5.36. The molecule has 0 saturated carbocycles. The number of rotatable bonds is 5. The van der Waals surface area contributed by atoms with Gasteiger partial charge in [-0.05, 0) is 55.3 Å². The van der Waals surface area contributed by atoms with Crippen LogP contribution in [0.4, 0.5) is 11.4 Å². The van der Waals surface area contributed by atoms with Crippen molar-refractivity contribution < 1.29 is 14.3 Å². The summed E-state index contributed by atoms with van der Waals surface area (Å²) in [5.74, 6) is -0.280. The van der Waals surface area contributed by atoms with Crippen LogP contribution in [0.5, 0.6) is 5.75 Å². The molecule has 0 spiro atoms. The molecule has 0 atom stereocenters. The van der Waals surface area contributed by atoms with Crippen LogP contribution in [0.15, 0.2) is 72.4 Å². The van der Waals surface area contributed by atoms with Crippen molar-refractivity contribution >= 4 is 40.4 Å². The lowest BCUT2D eigenvalue weighted by Gasteiger charge is -2.16. The van der Waals surface area contributed by atoms with Gasteiger partial charge in [0, 0.05) is 16.8 Å². The molecule has 0 saturated heterocycles. The second-order valence-electron chi connectivity index (χ2n) is 7.35. The molecular weight excluding hydrogens is 412 g/mol. The number of halogens is 1. The zero-order chi connectivity index (χ0) is 22.1. The highest BCUT2D eigenvalue weighted by Crippen LogP contribution is 2.35. The molecule has 4 rings (SSSR count). The number of carbonyl (C=O) groups is 2. The first-order valence-corrected chi connectivity index (χ1v) is 10.1. The molecule has 3 aromatic carbocycles. The van der Waals surface area contributed by atoms with Gasteiger partial charge in [-0.25, -0.2) is 4.90 Å². The van der Waals surface area contributed by atoms with Gasteiger partial charge in [-0.3, -0.25) is 9.59 Å². The van der Waals surface area contributed by atoms with Gasteiger partial charge < -0.3 is 10.1 Å². The summed E-state index contributed by atoms with van der Waals surface area (Å²) in [6, 6.07) is 19.6. The lowest BCUT2D eigenvalue weighted by Crippen LogP contribution is -2.32. The van der Waals surface area contributed by atoms with Crippen molar-refractivity contribution in [3.63, 3.8) is 0 Å². The van der Waals surface area contributed by atoms with E-state index in [1.54, 1.807) is 48.5 Å². The highest BCUT2D eigenvalue weighted by Gasteiger charge is 2.40. The zero-order valence-corrected chi connectivity index (χ0v) is 18.2. The molecule has 0 aromatic heterocycles. The van der Waals surface area contributed by atoms with Crippen LogP contribution >= 0.6 is 11.6 Å². The van der Waals surface area contributed by atoms with Crippen molar-refractivity contribution in [1.29, 1.82) is 0 Å². The van der Waals surface area contributed by atoms with Gasteiger partial charge in [0.1, 0.15) is 11.4 Å². The molecule has 0 unspecified atom stereocenters. The van der Waals surface area contributed by atoms with Crippen LogP contribution in [0.1, 0.15) is 16.7 Å². The Kier molecular flexibility index (Phi) is 5.53. The number of hydrogen-bond donors (Lipinski definition) is 1. The van der Waals surface area contributed by atoms with Gasteiger partial charge >= 0.3 is 0 Å². The Balaban J connectivity index is 1.83. The Morgan fingerprint density at radius 2 is 1.65 bits per heavy atom. The molecule has 0 fully saturated rings. The van der Waals surface area contributed by atoms with Gasteiger partial charge in [0.05, 0.1) is 18.4 Å². The van der Waals surface area contributed by atoms with Gasteiger partial charge in [-0.15, -0.1) is 0 Å². The number of methoxy groups -OCH3 is 1. The predicted molar refractivity (Wildman–Crippen MR) is 123 cm³/mol. The summed E-state index contributed by atoms with van der Waals surface area (Å²) >= 11 is 6.04. The quantitative estimate of drug-likeness (QED) is 0.551. The minimum absolute atomic E-state index is 0.224. The molecule has 0 aliphatic carbocycles. The summed E-state index contributed by atoms with van der Waals surface area (Å²) in [5.41, 5.74) is 4.43. The maximum Gasteiger partial charge on any atom is 0.282 e. The second kappa shape index (κ2) is 8.28. The smallest absolute Gasteiger partial charge is 0.282 e. The average Bonchev–Trinajstić information content (AvgIpc) is 3.00. The molecule has 31 heavy (non-hydrogen) atoms. The van der Waals surface area contributed by atoms with Gasteiger partial charge in [0.25, 0.3) is 11.8 Å². The minimum atomic E-state index is -0.428. The Hall–Kier alpha value is -3.57. The van der Waals surface area contributed by atoms with E-state index in [2.05, 4.69) is 5.32 Å². The molecule has 1 N–H and O–H groups in total. The highest BCUT2D eigenvalue weighted by molar-refractivity contribution is 6.46. The van der Waals surface area contributed by atoms with E-state index in [1.165, 1.54) is 7.11 Å². The fourth-order valence-corrected chi connectivity index (χ4v) is 3.73. The molecule has 1 heterocycles. The molecular formula is C25H21ClN2O3. The van der Waals surface area contributed by atoms with Crippen LogP contribution in [0.2, 0.25) is 5.02 Å². The fraction of sp³-hybridized carbons (Fsp3) is 0.120. The number of ether oxygens (including phenoxy) is 1. The topological polar surface area (TPSA) is 58.6 Å². The Bertz CT molecular complexity index is 1220. The lowest BCUT2D eigenvalue weighted by molar-refractivity contribution is -0.120. The van der Waals surface area contributed by atoms with Gasteiger partial charge in [-0.1, -0.05) is 47.5 Å². The van der Waals surface area contributed by atoms with E-state index in [1.807, 2.05) is 32.0 Å². The minimum Gasteiger partial charge on any atom is -0.497 e. The van der Waals surface area contributed by atoms with Crippen LogP contribution in [0.3, 0.4) is 0 Å². The van der Waals surface area contributed by atoms with E-state index in [9.17, 15) is 9.59 Å². The van der Waals surface area contributed by atoms with Crippen LogP contribution in [-0.4, -0.2) is 18.9 Å². The first kappa shape index (κ1) is 20.7. The van der Waals surface area contributed by atoms with Crippen molar-refractivity contribution in [2.75, 3.05) is 17.3 Å². The third-order valence-corrected chi connectivity index (χ3v) is 5.42. The number of benzene rings is 3. The fourth-order valence-electron chi connectivity index (χ4n) is 3.60. The summed E-state index contributed by atoms with van der Waals surface area (Å²) < 4.78 is 5.27. The third kappa shape index (κ3) is 3.92. The molecule has 3 aromatic rings. The first-order valence-electron chi connectivity index (χ1n) is 9.76. The van der Waals surface area contributed by atoms with Crippen molar-refractivity contribution in [3.05, 3.63) is 94.1 Å². The lowest BCUT2D eigenvalue weighted by atomic mass is 10.0. The monoisotopic (exact) mass is 432 g/mol. The largest absolute Gasteiger partial charge is 0.497 e. The first-order chi connectivity index (χ1) is 14.9. The normalized spacial score (nSPS) is 13.7. The summed E-state index contributed by atoms with van der Waals surface area (Å²) in [5, 5.41) is 3.76. The Morgan fingerprint density at radius 3 is 2.32 bits per heavy atom. The number of carbonyl (C=O) groups excluding carboxylic acids is 2. The van der Waals surface area contributed by atoms with Gasteiger partial charge in [0.2, 0.25) is 0 Å². The van der Waals surface area contributed by atoms with Gasteiger partial charge in [0.15, 0.2) is 0 Å². The number of hydrogen-bond acceptors (Lipinski definition) is 4. The van der Waals surface area contributed by atoms with Crippen molar-refractivity contribution in [3.8, 4) is 5.75 Å². The van der Waals surface area contributed by atoms with E-state index in [0.29, 0.717) is 27.6 Å². The van der Waals surface area contributed by atoms with Crippen LogP contribution in [0, 0.1) is 13.8 Å². The standard InChI is InChI=1S/C25H21ClN2O3/c1-15-7-12-21(16(2)13-15)27-23-22(17-8-10-18(26)11-9-17)24(29)28(25(23)30)19-5-4-6-20(14-19)31-3/h4-14,27H,1-3H3. The number of aryl methyl sites for hydroxylation is 2. The average molecular weight is 433 g/mol. The third-order valence-electron chi connectivity index (χ3n) is 5.17. The van der Waals surface area contributed by atoms with Gasteiger partial charge in [-0.2, -0.15) is 0 Å². The molecule has 0 bridgehead atoms. The van der Waals surface area contributed by atoms with E-state index in [-0.39, 0.29) is 5.70 Å². The summed E-state index contributed by atoms with van der Waals surface area (Å²) in [6.45, 7) is 3.96. The molecule has 2 amide bonds. The van der Waals surface area contributed by atoms with E-state index in [4.69, 9.17) is 16.3 Å². The summed E-state index contributed by atoms with van der Waals surface area (Å²) in [7, 11) is 1.54. The number of nitrogens with one attached hydrogen (secondary N) is 1. The van der Waals surface area contributed by atoms with Crippen molar-refractivity contribution in [1.82, 2.24) is 0 Å². The zero-order valence-electron chi connectivity index (χ0n) is 17.4. The SMILES string of the molecule is COc1cccc(N2C(=O)C(Nc3ccc(C)cc3C)=C(c3ccc(Cl)cc3)C2=O)c1. The molecule has 156 valence electrons. The molecule has 0 radical (unpaired) electrons. The number of anilines is 2. The van der Waals surface area contributed by atoms with E-state index >= 15 is 0 Å².